The van der Waals surface area contributed by atoms with Crippen LogP contribution in [0.15, 0.2) is 92.2 Å². The Bertz CT molecular complexity index is 1510. The molecule has 0 aliphatic carbocycles. The average Bonchev–Trinajstić information content (AvgIpc) is 3.27. The van der Waals surface area contributed by atoms with Crippen LogP contribution in [-0.2, 0) is 26.2 Å². The fourth-order valence-corrected chi connectivity index (χ4v) is 5.50. The zero-order valence-electron chi connectivity index (χ0n) is 17.6. The van der Waals surface area contributed by atoms with Gasteiger partial charge in [0.15, 0.2) is 21.2 Å². The minimum absolute atomic E-state index is 0.0217. The number of nitrogens with zero attached hydrogens (tertiary/aromatic N) is 1. The summed E-state index contributed by atoms with van der Waals surface area (Å²) in [7, 11) is -7.44. The Kier molecular flexibility index (Phi) is 6.05. The van der Waals surface area contributed by atoms with E-state index in [1.807, 2.05) is 0 Å². The largest absolute Gasteiger partial charge is 0.449 e. The molecular formula is C23H20N2O6S2. The molecule has 170 valence electrons. The molecule has 2 aromatic carbocycles. The van der Waals surface area contributed by atoms with Gasteiger partial charge in [-0.05, 0) is 48.0 Å². The summed E-state index contributed by atoms with van der Waals surface area (Å²) >= 11 is 0. The van der Waals surface area contributed by atoms with Crippen LogP contribution in [0.4, 0.5) is 0 Å². The van der Waals surface area contributed by atoms with Crippen molar-refractivity contribution in [1.29, 1.82) is 0 Å². The van der Waals surface area contributed by atoms with Gasteiger partial charge in [-0.25, -0.2) is 16.8 Å². The van der Waals surface area contributed by atoms with E-state index < -0.39 is 25.6 Å². The topological polar surface area (TPSA) is 123 Å². The Morgan fingerprint density at radius 1 is 0.939 bits per heavy atom. The summed E-state index contributed by atoms with van der Waals surface area (Å²) in [5.41, 5.74) is 1.19. The first-order chi connectivity index (χ1) is 15.7. The van der Waals surface area contributed by atoms with Crippen LogP contribution in [0.5, 0.6) is 0 Å². The fraction of sp³-hybridized carbons (Fsp3) is 0.130. The maximum Gasteiger partial charge on any atom is 0.287 e. The predicted molar refractivity (Wildman–Crippen MR) is 121 cm³/mol. The van der Waals surface area contributed by atoms with Crippen LogP contribution in [0.1, 0.15) is 23.0 Å². The summed E-state index contributed by atoms with van der Waals surface area (Å²) < 4.78 is 55.6. The van der Waals surface area contributed by atoms with Crippen LogP contribution in [0, 0.1) is 0 Å². The van der Waals surface area contributed by atoms with Gasteiger partial charge in [-0.3, -0.25) is 9.78 Å². The molecule has 0 fully saturated rings. The second kappa shape index (κ2) is 8.80. The van der Waals surface area contributed by atoms with Crippen LogP contribution >= 0.6 is 0 Å². The minimum atomic E-state index is -3.91. The third kappa shape index (κ3) is 4.67. The molecule has 0 spiro atoms. The summed E-state index contributed by atoms with van der Waals surface area (Å²) in [5, 5.41) is 3.49. The van der Waals surface area contributed by atoms with E-state index >= 15 is 0 Å². The van der Waals surface area contributed by atoms with Gasteiger partial charge in [0.2, 0.25) is 9.84 Å². The first-order valence-electron chi connectivity index (χ1n) is 9.99. The lowest BCUT2D eigenvalue weighted by atomic mass is 10.2. The molecule has 2 heterocycles. The molecule has 2 aromatic heterocycles. The van der Waals surface area contributed by atoms with Gasteiger partial charge in [0.05, 0.1) is 26.6 Å². The van der Waals surface area contributed by atoms with E-state index in [4.69, 9.17) is 4.42 Å². The molecule has 0 saturated carbocycles. The van der Waals surface area contributed by atoms with E-state index in [1.54, 1.807) is 30.5 Å². The molecule has 0 radical (unpaired) electrons. The van der Waals surface area contributed by atoms with Crippen molar-refractivity contribution in [1.82, 2.24) is 10.3 Å². The van der Waals surface area contributed by atoms with Crippen LogP contribution in [-0.4, -0.2) is 33.5 Å². The molecular weight excluding hydrogens is 464 g/mol. The van der Waals surface area contributed by atoms with E-state index in [0.717, 1.165) is 5.39 Å². The molecule has 0 bridgehead atoms. The van der Waals surface area contributed by atoms with Crippen molar-refractivity contribution in [3.8, 4) is 0 Å². The monoisotopic (exact) mass is 484 g/mol. The number of amides is 1. The number of sulfone groups is 2. The normalized spacial score (nSPS) is 12.0. The third-order valence-corrected chi connectivity index (χ3v) is 8.59. The van der Waals surface area contributed by atoms with Crippen LogP contribution in [0.2, 0.25) is 0 Å². The van der Waals surface area contributed by atoms with Gasteiger partial charge in [0.1, 0.15) is 0 Å². The zero-order valence-corrected chi connectivity index (χ0v) is 19.2. The number of rotatable bonds is 7. The van der Waals surface area contributed by atoms with Crippen LogP contribution in [0.3, 0.4) is 0 Å². The quantitative estimate of drug-likeness (QED) is 0.426. The second-order valence-corrected chi connectivity index (χ2v) is 11.5. The molecule has 0 atom stereocenters. The van der Waals surface area contributed by atoms with Crippen molar-refractivity contribution in [3.05, 3.63) is 84.4 Å². The van der Waals surface area contributed by atoms with Gasteiger partial charge in [-0.1, -0.05) is 25.1 Å². The number of hydrogen-bond donors (Lipinski definition) is 1. The Balaban J connectivity index is 1.48. The molecule has 33 heavy (non-hydrogen) atoms. The van der Waals surface area contributed by atoms with E-state index in [0.29, 0.717) is 11.1 Å². The van der Waals surface area contributed by atoms with E-state index in [2.05, 4.69) is 10.3 Å². The minimum Gasteiger partial charge on any atom is -0.449 e. The summed E-state index contributed by atoms with van der Waals surface area (Å²) in [6.07, 6.45) is 3.13. The Labute approximate surface area is 191 Å². The highest BCUT2D eigenvalue weighted by molar-refractivity contribution is 7.92. The number of benzene rings is 2. The molecule has 0 aliphatic rings. The van der Waals surface area contributed by atoms with Crippen molar-refractivity contribution >= 4 is 36.6 Å². The second-order valence-electron chi connectivity index (χ2n) is 7.23. The molecule has 1 N–H and O–H groups in total. The number of furan rings is 1. The summed E-state index contributed by atoms with van der Waals surface area (Å²) in [6, 6.07) is 14.7. The number of fused-ring (bicyclic) bond motifs is 1. The van der Waals surface area contributed by atoms with Gasteiger partial charge in [0.25, 0.3) is 5.91 Å². The van der Waals surface area contributed by atoms with Crippen molar-refractivity contribution in [2.24, 2.45) is 0 Å². The van der Waals surface area contributed by atoms with Crippen molar-refractivity contribution in [3.63, 3.8) is 0 Å². The lowest BCUT2D eigenvalue weighted by Gasteiger charge is -2.09. The summed E-state index contributed by atoms with van der Waals surface area (Å²) in [5.74, 6) is -0.377. The summed E-state index contributed by atoms with van der Waals surface area (Å²) in [4.78, 5) is 16.2. The highest BCUT2D eigenvalue weighted by Crippen LogP contribution is 2.24. The van der Waals surface area contributed by atoms with Crippen molar-refractivity contribution in [2.75, 3.05) is 5.75 Å². The number of aromatic nitrogens is 1. The number of carbonyl (C=O) groups is 1. The first kappa shape index (κ1) is 22.7. The molecule has 0 saturated heterocycles. The Hall–Kier alpha value is -3.50. The smallest absolute Gasteiger partial charge is 0.287 e. The maximum absolute atomic E-state index is 13.0. The lowest BCUT2D eigenvalue weighted by molar-refractivity contribution is 0.0925. The molecule has 1 amide bonds. The van der Waals surface area contributed by atoms with Gasteiger partial charge in [-0.2, -0.15) is 0 Å². The molecule has 10 heteroatoms. The molecule has 4 rings (SSSR count). The van der Waals surface area contributed by atoms with E-state index in [-0.39, 0.29) is 32.7 Å². The number of hydrogen-bond acceptors (Lipinski definition) is 7. The first-order valence-corrected chi connectivity index (χ1v) is 13.1. The SMILES string of the molecule is CCS(=O)(=O)c1cccc(S(=O)(=O)c2ccc(CNC(=O)c3cc4ccncc4o3)cc2)c1. The van der Waals surface area contributed by atoms with Gasteiger partial charge < -0.3 is 9.73 Å². The predicted octanol–water partition coefficient (Wildman–Crippen LogP) is 3.38. The van der Waals surface area contributed by atoms with Crippen molar-refractivity contribution in [2.45, 2.75) is 28.2 Å². The maximum atomic E-state index is 13.0. The van der Waals surface area contributed by atoms with Crippen LogP contribution < -0.4 is 5.32 Å². The number of carbonyl (C=O) groups excluding carboxylic acids is 1. The van der Waals surface area contributed by atoms with Gasteiger partial charge in [0, 0.05) is 18.1 Å². The fourth-order valence-electron chi connectivity index (χ4n) is 3.19. The zero-order chi connectivity index (χ0) is 23.6. The number of nitrogens with one attached hydrogen (secondary N) is 1. The summed E-state index contributed by atoms with van der Waals surface area (Å²) in [6.45, 7) is 1.66. The van der Waals surface area contributed by atoms with Gasteiger partial charge in [-0.15, -0.1) is 0 Å². The molecule has 4 aromatic rings. The average molecular weight is 485 g/mol. The highest BCUT2D eigenvalue weighted by Gasteiger charge is 2.21. The number of pyridine rings is 1. The lowest BCUT2D eigenvalue weighted by Crippen LogP contribution is -2.22. The Morgan fingerprint density at radius 3 is 2.36 bits per heavy atom. The molecule has 0 unspecified atom stereocenters. The molecule has 0 aliphatic heterocycles. The Morgan fingerprint density at radius 2 is 1.67 bits per heavy atom. The molecule has 8 nitrogen and oxygen atoms in total. The van der Waals surface area contributed by atoms with Gasteiger partial charge >= 0.3 is 0 Å². The van der Waals surface area contributed by atoms with E-state index in [1.165, 1.54) is 49.5 Å². The third-order valence-electron chi connectivity index (χ3n) is 5.09. The highest BCUT2D eigenvalue weighted by atomic mass is 32.2. The van der Waals surface area contributed by atoms with E-state index in [9.17, 15) is 21.6 Å². The standard InChI is InChI=1S/C23H20N2O6S2/c1-2-32(27,28)19-4-3-5-20(13-19)33(29,30)18-8-6-16(7-9-18)14-25-23(26)21-12-17-10-11-24-15-22(17)31-21/h3-13,15H,2,14H2,1H3,(H,25,26). The van der Waals surface area contributed by atoms with Crippen LogP contribution in [0.25, 0.3) is 11.0 Å². The van der Waals surface area contributed by atoms with Crippen molar-refractivity contribution < 1.29 is 26.0 Å².